The SMILES string of the molecule is CNC(=O)C(C)NC(=O)c1ccncc1C=CC(=O)O. The van der Waals surface area contributed by atoms with Gasteiger partial charge in [0.15, 0.2) is 0 Å². The van der Waals surface area contributed by atoms with Crippen LogP contribution in [0.2, 0.25) is 0 Å². The van der Waals surface area contributed by atoms with Crippen LogP contribution in [0.4, 0.5) is 0 Å². The third-order valence-corrected chi connectivity index (χ3v) is 2.49. The predicted molar refractivity (Wildman–Crippen MR) is 71.9 cm³/mol. The van der Waals surface area contributed by atoms with E-state index in [1.165, 1.54) is 31.6 Å². The van der Waals surface area contributed by atoms with E-state index in [4.69, 9.17) is 5.11 Å². The minimum Gasteiger partial charge on any atom is -0.478 e. The summed E-state index contributed by atoms with van der Waals surface area (Å²) in [6.45, 7) is 1.55. The second-order valence-electron chi connectivity index (χ2n) is 3.94. The minimum absolute atomic E-state index is 0.244. The van der Waals surface area contributed by atoms with Gasteiger partial charge in [0, 0.05) is 36.6 Å². The number of hydrogen-bond donors (Lipinski definition) is 3. The van der Waals surface area contributed by atoms with Gasteiger partial charge in [0.1, 0.15) is 6.04 Å². The number of carbonyl (C=O) groups excluding carboxylic acids is 2. The molecule has 1 aromatic heterocycles. The first-order valence-corrected chi connectivity index (χ1v) is 5.83. The molecular formula is C13H15N3O4. The predicted octanol–water partition coefficient (Wildman–Crippen LogP) is 0.0437. The molecule has 0 saturated heterocycles. The molecule has 0 spiro atoms. The van der Waals surface area contributed by atoms with Crippen LogP contribution in [0.25, 0.3) is 6.08 Å². The van der Waals surface area contributed by atoms with Crippen molar-refractivity contribution in [3.8, 4) is 0 Å². The number of aliphatic carboxylic acids is 1. The van der Waals surface area contributed by atoms with Gasteiger partial charge in [-0.25, -0.2) is 4.79 Å². The van der Waals surface area contributed by atoms with E-state index in [9.17, 15) is 14.4 Å². The molecule has 1 atom stereocenters. The number of carbonyl (C=O) groups is 3. The molecule has 1 aromatic rings. The first kappa shape index (κ1) is 15.4. The van der Waals surface area contributed by atoms with Crippen LogP contribution in [0.1, 0.15) is 22.8 Å². The second-order valence-corrected chi connectivity index (χ2v) is 3.94. The number of rotatable bonds is 5. The number of nitrogens with zero attached hydrogens (tertiary/aromatic N) is 1. The number of carboxylic acids is 1. The van der Waals surface area contributed by atoms with Crippen molar-refractivity contribution in [2.24, 2.45) is 0 Å². The summed E-state index contributed by atoms with van der Waals surface area (Å²) in [6, 6.07) is 0.755. The quantitative estimate of drug-likeness (QED) is 0.659. The number of carboxylic acid groups (broad SMARTS) is 1. The first-order valence-electron chi connectivity index (χ1n) is 5.83. The molecule has 0 aliphatic carbocycles. The van der Waals surface area contributed by atoms with Crippen molar-refractivity contribution < 1.29 is 19.5 Å². The van der Waals surface area contributed by atoms with Crippen molar-refractivity contribution >= 4 is 23.9 Å². The van der Waals surface area contributed by atoms with E-state index in [-0.39, 0.29) is 11.5 Å². The molecule has 2 amide bonds. The van der Waals surface area contributed by atoms with Crippen molar-refractivity contribution in [2.45, 2.75) is 13.0 Å². The molecule has 0 aromatic carbocycles. The van der Waals surface area contributed by atoms with Crippen LogP contribution in [0, 0.1) is 0 Å². The molecular weight excluding hydrogens is 262 g/mol. The highest BCUT2D eigenvalue weighted by molar-refractivity contribution is 6.00. The molecule has 3 N–H and O–H groups in total. The van der Waals surface area contributed by atoms with Crippen LogP contribution in [-0.2, 0) is 9.59 Å². The van der Waals surface area contributed by atoms with Crippen LogP contribution in [0.15, 0.2) is 24.5 Å². The molecule has 7 heteroatoms. The van der Waals surface area contributed by atoms with Gasteiger partial charge in [-0.05, 0) is 19.1 Å². The van der Waals surface area contributed by atoms with Gasteiger partial charge in [0.2, 0.25) is 5.91 Å². The fraction of sp³-hybridized carbons (Fsp3) is 0.231. The van der Waals surface area contributed by atoms with E-state index in [0.717, 1.165) is 6.08 Å². The molecule has 0 saturated carbocycles. The van der Waals surface area contributed by atoms with Crippen molar-refractivity contribution in [3.63, 3.8) is 0 Å². The van der Waals surface area contributed by atoms with Crippen LogP contribution >= 0.6 is 0 Å². The van der Waals surface area contributed by atoms with E-state index in [1.807, 2.05) is 0 Å². The summed E-state index contributed by atoms with van der Waals surface area (Å²) in [4.78, 5) is 37.7. The summed E-state index contributed by atoms with van der Waals surface area (Å²) in [6.07, 6.45) is 4.97. The average molecular weight is 277 g/mol. The van der Waals surface area contributed by atoms with Gasteiger partial charge >= 0.3 is 5.97 Å². The summed E-state index contributed by atoms with van der Waals surface area (Å²) in [5, 5.41) is 13.5. The Kier molecular flexibility index (Phi) is 5.40. The molecule has 1 unspecified atom stereocenters. The van der Waals surface area contributed by atoms with Gasteiger partial charge in [-0.3, -0.25) is 14.6 Å². The van der Waals surface area contributed by atoms with E-state index < -0.39 is 17.9 Å². The van der Waals surface area contributed by atoms with Gasteiger partial charge in [-0.15, -0.1) is 0 Å². The fourth-order valence-electron chi connectivity index (χ4n) is 1.46. The van der Waals surface area contributed by atoms with E-state index >= 15 is 0 Å². The number of amides is 2. The number of hydrogen-bond acceptors (Lipinski definition) is 4. The van der Waals surface area contributed by atoms with Crippen LogP contribution in [-0.4, -0.2) is 41.0 Å². The van der Waals surface area contributed by atoms with Gasteiger partial charge < -0.3 is 15.7 Å². The molecule has 0 fully saturated rings. The molecule has 0 bridgehead atoms. The number of nitrogens with one attached hydrogen (secondary N) is 2. The smallest absolute Gasteiger partial charge is 0.328 e. The maximum Gasteiger partial charge on any atom is 0.328 e. The zero-order valence-corrected chi connectivity index (χ0v) is 11.1. The Morgan fingerprint density at radius 1 is 1.40 bits per heavy atom. The summed E-state index contributed by atoms with van der Waals surface area (Å²) in [5.41, 5.74) is 0.602. The molecule has 20 heavy (non-hydrogen) atoms. The molecule has 0 aliphatic heterocycles. The number of aromatic nitrogens is 1. The second kappa shape index (κ2) is 7.03. The lowest BCUT2D eigenvalue weighted by Gasteiger charge is -2.13. The standard InChI is InChI=1S/C13H15N3O4/c1-8(12(19)14-2)16-13(20)10-5-6-15-7-9(10)3-4-11(17)18/h3-8H,1-2H3,(H,14,19)(H,16,20)(H,17,18). The Morgan fingerprint density at radius 3 is 2.70 bits per heavy atom. The van der Waals surface area contributed by atoms with Crippen molar-refractivity contribution in [1.29, 1.82) is 0 Å². The molecule has 1 heterocycles. The fourth-order valence-corrected chi connectivity index (χ4v) is 1.46. The monoisotopic (exact) mass is 277 g/mol. The number of pyridine rings is 1. The molecule has 106 valence electrons. The summed E-state index contributed by atoms with van der Waals surface area (Å²) in [7, 11) is 1.47. The zero-order chi connectivity index (χ0) is 15.1. The Hall–Kier alpha value is -2.70. The highest BCUT2D eigenvalue weighted by Gasteiger charge is 2.16. The molecule has 1 rings (SSSR count). The Morgan fingerprint density at radius 2 is 2.10 bits per heavy atom. The van der Waals surface area contributed by atoms with Crippen molar-refractivity contribution in [2.75, 3.05) is 7.05 Å². The van der Waals surface area contributed by atoms with Crippen molar-refractivity contribution in [1.82, 2.24) is 15.6 Å². The maximum atomic E-state index is 12.0. The van der Waals surface area contributed by atoms with Gasteiger partial charge in [0.05, 0.1) is 0 Å². The lowest BCUT2D eigenvalue weighted by molar-refractivity contribution is -0.131. The lowest BCUT2D eigenvalue weighted by Crippen LogP contribution is -2.43. The first-order chi connectivity index (χ1) is 9.45. The average Bonchev–Trinajstić information content (AvgIpc) is 2.44. The van der Waals surface area contributed by atoms with Gasteiger partial charge in [0.25, 0.3) is 5.91 Å². The third-order valence-electron chi connectivity index (χ3n) is 2.49. The topological polar surface area (TPSA) is 108 Å². The Labute approximate surface area is 115 Å². The summed E-state index contributed by atoms with van der Waals surface area (Å²) >= 11 is 0. The van der Waals surface area contributed by atoms with E-state index in [2.05, 4.69) is 15.6 Å². The maximum absolute atomic E-state index is 12.0. The van der Waals surface area contributed by atoms with E-state index in [1.54, 1.807) is 6.92 Å². The van der Waals surface area contributed by atoms with Crippen LogP contribution in [0.5, 0.6) is 0 Å². The molecule has 7 nitrogen and oxygen atoms in total. The Bertz CT molecular complexity index is 554. The highest BCUT2D eigenvalue weighted by Crippen LogP contribution is 2.09. The van der Waals surface area contributed by atoms with Gasteiger partial charge in [-0.2, -0.15) is 0 Å². The normalized spacial score (nSPS) is 11.9. The number of likely N-dealkylation sites (N-methyl/N-ethyl adjacent to an activating group) is 1. The lowest BCUT2D eigenvalue weighted by atomic mass is 10.1. The van der Waals surface area contributed by atoms with Crippen LogP contribution < -0.4 is 10.6 Å². The zero-order valence-electron chi connectivity index (χ0n) is 11.1. The Balaban J connectivity index is 2.93. The molecule has 0 aliphatic rings. The van der Waals surface area contributed by atoms with Crippen molar-refractivity contribution in [3.05, 3.63) is 35.7 Å². The molecule has 0 radical (unpaired) electrons. The van der Waals surface area contributed by atoms with E-state index in [0.29, 0.717) is 5.56 Å². The summed E-state index contributed by atoms with van der Waals surface area (Å²) < 4.78 is 0. The summed E-state index contributed by atoms with van der Waals surface area (Å²) in [5.74, 6) is -1.93. The largest absolute Gasteiger partial charge is 0.478 e. The highest BCUT2D eigenvalue weighted by atomic mass is 16.4. The minimum atomic E-state index is -1.13. The van der Waals surface area contributed by atoms with Gasteiger partial charge in [-0.1, -0.05) is 0 Å². The van der Waals surface area contributed by atoms with Crippen LogP contribution in [0.3, 0.4) is 0 Å². The third kappa shape index (κ3) is 4.20.